The lowest BCUT2D eigenvalue weighted by atomic mass is 10.0. The van der Waals surface area contributed by atoms with Gasteiger partial charge in [-0.05, 0) is 29.3 Å². The Kier molecular flexibility index (Phi) is 3.18. The molecular formula is C17H16N3O. The average Bonchev–Trinajstić information content (AvgIpc) is 3.03. The number of H-pyrrole nitrogens is 1. The molecular weight excluding hydrogens is 262 g/mol. The van der Waals surface area contributed by atoms with E-state index in [1.807, 2.05) is 18.5 Å². The second-order valence-corrected chi connectivity index (χ2v) is 5.25. The summed E-state index contributed by atoms with van der Waals surface area (Å²) < 4.78 is 5.80. The lowest BCUT2D eigenvalue weighted by molar-refractivity contribution is 0.0261. The van der Waals surface area contributed by atoms with Crippen molar-refractivity contribution >= 4 is 11.0 Å². The quantitative estimate of drug-likeness (QED) is 0.783. The van der Waals surface area contributed by atoms with E-state index >= 15 is 0 Å². The van der Waals surface area contributed by atoms with Crippen molar-refractivity contribution in [1.82, 2.24) is 15.3 Å². The molecule has 0 spiro atoms. The molecule has 1 radical (unpaired) electrons. The monoisotopic (exact) mass is 278 g/mol. The number of nitrogens with one attached hydrogen (secondary N) is 1. The van der Waals surface area contributed by atoms with Gasteiger partial charge in [-0.15, -0.1) is 0 Å². The fourth-order valence-corrected chi connectivity index (χ4v) is 2.74. The van der Waals surface area contributed by atoms with Crippen molar-refractivity contribution in [3.8, 4) is 11.1 Å². The Morgan fingerprint density at radius 1 is 1.14 bits per heavy atom. The first-order valence-corrected chi connectivity index (χ1v) is 7.18. The van der Waals surface area contributed by atoms with Crippen molar-refractivity contribution in [2.45, 2.75) is 6.10 Å². The van der Waals surface area contributed by atoms with E-state index in [1.54, 1.807) is 0 Å². The number of hydrogen-bond donors (Lipinski definition) is 1. The van der Waals surface area contributed by atoms with Crippen LogP contribution in [0.5, 0.6) is 0 Å². The van der Waals surface area contributed by atoms with Gasteiger partial charge in [-0.1, -0.05) is 18.2 Å². The smallest absolute Gasteiger partial charge is 0.137 e. The van der Waals surface area contributed by atoms with Crippen molar-refractivity contribution < 1.29 is 4.74 Å². The van der Waals surface area contributed by atoms with E-state index in [-0.39, 0.29) is 6.10 Å². The number of rotatable bonds is 2. The van der Waals surface area contributed by atoms with Gasteiger partial charge in [-0.3, -0.25) is 0 Å². The summed E-state index contributed by atoms with van der Waals surface area (Å²) in [5, 5.41) is 5.56. The van der Waals surface area contributed by atoms with Crippen LogP contribution in [0.25, 0.3) is 22.2 Å². The molecule has 1 N–H and O–H groups in total. The minimum absolute atomic E-state index is 0.0858. The second kappa shape index (κ2) is 5.31. The number of hydrogen-bond acceptors (Lipinski definition) is 2. The van der Waals surface area contributed by atoms with Crippen LogP contribution in [-0.2, 0) is 4.74 Å². The molecule has 0 amide bonds. The van der Waals surface area contributed by atoms with Crippen LogP contribution < -0.4 is 5.32 Å². The highest BCUT2D eigenvalue weighted by Gasteiger charge is 2.16. The Bertz CT molecular complexity index is 759. The number of morpholine rings is 1. The van der Waals surface area contributed by atoms with Gasteiger partial charge in [0.05, 0.1) is 12.7 Å². The van der Waals surface area contributed by atoms with E-state index < -0.39 is 0 Å². The Balaban J connectivity index is 1.70. The zero-order chi connectivity index (χ0) is 14.1. The number of nitrogens with zero attached hydrogens (tertiary/aromatic N) is 2. The standard InChI is InChI=1S/C17H16N3O/c1-2-12(8-13(3-1)16-11-18-6-7-21-16)15-9-14-4-5-19-17(14)20-10-15/h1-5,8-10,16H,6-7,11H2,(H,19,20). The normalized spacial score (nSPS) is 19.0. The van der Waals surface area contributed by atoms with Crippen molar-refractivity contribution in [1.29, 1.82) is 0 Å². The highest BCUT2D eigenvalue weighted by atomic mass is 16.5. The minimum atomic E-state index is 0.0858. The molecule has 4 nitrogen and oxygen atoms in total. The number of fused-ring (bicyclic) bond motifs is 1. The molecule has 1 unspecified atom stereocenters. The molecule has 1 aliphatic rings. The van der Waals surface area contributed by atoms with Crippen LogP contribution in [0.2, 0.25) is 0 Å². The molecule has 21 heavy (non-hydrogen) atoms. The van der Waals surface area contributed by atoms with Crippen LogP contribution in [-0.4, -0.2) is 29.7 Å². The van der Waals surface area contributed by atoms with Gasteiger partial charge in [-0.2, -0.15) is 0 Å². The lowest BCUT2D eigenvalue weighted by Gasteiger charge is -2.23. The molecule has 3 heterocycles. The van der Waals surface area contributed by atoms with Crippen LogP contribution in [0.4, 0.5) is 0 Å². The van der Waals surface area contributed by atoms with Crippen LogP contribution in [0.1, 0.15) is 11.7 Å². The molecule has 1 aromatic carbocycles. The molecule has 0 aliphatic carbocycles. The van der Waals surface area contributed by atoms with Crippen molar-refractivity contribution in [3.05, 3.63) is 54.4 Å². The summed E-state index contributed by atoms with van der Waals surface area (Å²) in [5.74, 6) is 0. The molecule has 4 heteroatoms. The van der Waals surface area contributed by atoms with Crippen LogP contribution in [0.15, 0.2) is 48.8 Å². The molecule has 0 saturated carbocycles. The van der Waals surface area contributed by atoms with Gasteiger partial charge in [0.25, 0.3) is 0 Å². The summed E-state index contributed by atoms with van der Waals surface area (Å²) in [5.41, 5.74) is 4.39. The highest BCUT2D eigenvalue weighted by Crippen LogP contribution is 2.27. The predicted molar refractivity (Wildman–Crippen MR) is 82.1 cm³/mol. The fraction of sp³-hybridized carbons (Fsp3) is 0.235. The van der Waals surface area contributed by atoms with Gasteiger partial charge in [0.15, 0.2) is 0 Å². The molecule has 1 saturated heterocycles. The number of aromatic amines is 1. The Morgan fingerprint density at radius 3 is 3.05 bits per heavy atom. The van der Waals surface area contributed by atoms with E-state index in [0.717, 1.165) is 35.2 Å². The van der Waals surface area contributed by atoms with Gasteiger partial charge in [0, 0.05) is 36.4 Å². The number of benzene rings is 1. The molecule has 1 aliphatic heterocycles. The molecule has 105 valence electrons. The topological polar surface area (TPSA) is 52.0 Å². The van der Waals surface area contributed by atoms with Crippen molar-refractivity contribution in [3.63, 3.8) is 0 Å². The van der Waals surface area contributed by atoms with Crippen molar-refractivity contribution in [2.75, 3.05) is 19.7 Å². The molecule has 2 aromatic heterocycles. The van der Waals surface area contributed by atoms with E-state index in [1.165, 1.54) is 5.56 Å². The molecule has 1 atom stereocenters. The summed E-state index contributed by atoms with van der Waals surface area (Å²) in [6, 6.07) is 12.7. The zero-order valence-corrected chi connectivity index (χ0v) is 11.6. The Hall–Kier alpha value is -2.17. The Labute approximate surface area is 123 Å². The summed E-state index contributed by atoms with van der Waals surface area (Å²) in [6.45, 7) is 2.27. The van der Waals surface area contributed by atoms with Gasteiger partial charge < -0.3 is 9.72 Å². The highest BCUT2D eigenvalue weighted by molar-refractivity contribution is 5.81. The Morgan fingerprint density at radius 2 is 2.14 bits per heavy atom. The zero-order valence-electron chi connectivity index (χ0n) is 11.6. The maximum atomic E-state index is 5.80. The van der Waals surface area contributed by atoms with Crippen LogP contribution in [0, 0.1) is 0 Å². The first-order valence-electron chi connectivity index (χ1n) is 7.18. The summed E-state index contributed by atoms with van der Waals surface area (Å²) in [6.07, 6.45) is 3.90. The van der Waals surface area contributed by atoms with Crippen LogP contribution in [0.3, 0.4) is 0 Å². The number of ether oxygens (including phenoxy) is 1. The molecule has 3 aromatic rings. The summed E-state index contributed by atoms with van der Waals surface area (Å²) in [4.78, 5) is 7.57. The van der Waals surface area contributed by atoms with Gasteiger partial charge in [-0.25, -0.2) is 10.3 Å². The maximum absolute atomic E-state index is 5.80. The van der Waals surface area contributed by atoms with Gasteiger partial charge in [0.1, 0.15) is 5.65 Å². The second-order valence-electron chi connectivity index (χ2n) is 5.25. The van der Waals surface area contributed by atoms with E-state index in [0.29, 0.717) is 6.61 Å². The minimum Gasteiger partial charge on any atom is -0.371 e. The maximum Gasteiger partial charge on any atom is 0.137 e. The first-order chi connectivity index (χ1) is 10.4. The van der Waals surface area contributed by atoms with Crippen LogP contribution >= 0.6 is 0 Å². The van der Waals surface area contributed by atoms with E-state index in [9.17, 15) is 0 Å². The largest absolute Gasteiger partial charge is 0.371 e. The third-order valence-electron chi connectivity index (χ3n) is 3.86. The van der Waals surface area contributed by atoms with Gasteiger partial charge >= 0.3 is 0 Å². The first kappa shape index (κ1) is 12.6. The molecule has 4 rings (SSSR count). The third kappa shape index (κ3) is 2.44. The SMILES string of the molecule is c1cc(-c2cnc3[nH]ccc3c2)cc(C2C[N]CCO2)c1. The number of pyridine rings is 1. The average molecular weight is 278 g/mol. The predicted octanol–water partition coefficient (Wildman–Crippen LogP) is 2.91. The van der Waals surface area contributed by atoms with Crippen molar-refractivity contribution in [2.24, 2.45) is 0 Å². The van der Waals surface area contributed by atoms with Gasteiger partial charge in [0.2, 0.25) is 0 Å². The van der Waals surface area contributed by atoms with E-state index in [4.69, 9.17) is 4.74 Å². The summed E-state index contributed by atoms with van der Waals surface area (Å²) in [7, 11) is 0. The molecule has 0 bridgehead atoms. The fourth-order valence-electron chi connectivity index (χ4n) is 2.74. The third-order valence-corrected chi connectivity index (χ3v) is 3.86. The van der Waals surface area contributed by atoms with E-state index in [2.05, 4.69) is 45.6 Å². The summed E-state index contributed by atoms with van der Waals surface area (Å²) >= 11 is 0. The number of aromatic nitrogens is 2. The lowest BCUT2D eigenvalue weighted by Crippen LogP contribution is -2.28. The molecule has 1 fully saturated rings.